The van der Waals surface area contributed by atoms with Crippen molar-refractivity contribution in [2.75, 3.05) is 33.2 Å². The number of hydrogen-bond acceptors (Lipinski definition) is 2. The van der Waals surface area contributed by atoms with Crippen LogP contribution in [0.4, 0.5) is 0 Å². The van der Waals surface area contributed by atoms with Gasteiger partial charge in [-0.05, 0) is 44.2 Å². The van der Waals surface area contributed by atoms with Gasteiger partial charge in [0.05, 0.1) is 0 Å². The summed E-state index contributed by atoms with van der Waals surface area (Å²) < 4.78 is 0. The van der Waals surface area contributed by atoms with Crippen LogP contribution in [0, 0.1) is 11.8 Å². The van der Waals surface area contributed by atoms with E-state index >= 15 is 0 Å². The van der Waals surface area contributed by atoms with Gasteiger partial charge in [0.15, 0.2) is 5.96 Å². The monoisotopic (exact) mass is 380 g/mol. The van der Waals surface area contributed by atoms with Gasteiger partial charge >= 0.3 is 0 Å². The first-order chi connectivity index (χ1) is 8.69. The zero-order valence-corrected chi connectivity index (χ0v) is 14.8. The Morgan fingerprint density at radius 3 is 2.42 bits per heavy atom. The second kappa shape index (κ2) is 8.29. The van der Waals surface area contributed by atoms with Crippen LogP contribution in [0.25, 0.3) is 0 Å². The maximum absolute atomic E-state index is 4.27. The molecule has 1 saturated carbocycles. The van der Waals surface area contributed by atoms with Gasteiger partial charge in [-0.25, -0.2) is 0 Å². The van der Waals surface area contributed by atoms with E-state index in [2.05, 4.69) is 34.4 Å². The molecule has 0 amide bonds. The summed E-state index contributed by atoms with van der Waals surface area (Å²) in [4.78, 5) is 6.83. The molecule has 1 aliphatic carbocycles. The smallest absolute Gasteiger partial charge is 0.191 e. The molecule has 2 aliphatic rings. The standard InChI is InChI=1S/C14H28N4.HI/c1-11-4-7-18(8-5-11)9-6-16-14(15-3)17-13-10-12(13)2;/h11-13H,4-10H2,1-3H3,(H2,15,16,17);1H. The fourth-order valence-corrected chi connectivity index (χ4v) is 2.51. The Hall–Kier alpha value is -0.0400. The SMILES string of the molecule is CN=C(NCCN1CCC(C)CC1)NC1CC1C.I. The van der Waals surface area contributed by atoms with E-state index in [0.29, 0.717) is 6.04 Å². The molecule has 2 N–H and O–H groups in total. The number of hydrogen-bond donors (Lipinski definition) is 2. The highest BCUT2D eigenvalue weighted by Gasteiger charge is 2.33. The van der Waals surface area contributed by atoms with Gasteiger partial charge in [-0.2, -0.15) is 0 Å². The van der Waals surface area contributed by atoms with Crippen molar-refractivity contribution in [3.05, 3.63) is 0 Å². The maximum Gasteiger partial charge on any atom is 0.191 e. The van der Waals surface area contributed by atoms with Gasteiger partial charge in [0, 0.05) is 26.2 Å². The molecule has 2 rings (SSSR count). The van der Waals surface area contributed by atoms with Gasteiger partial charge < -0.3 is 15.5 Å². The molecule has 0 aromatic carbocycles. The van der Waals surface area contributed by atoms with Gasteiger partial charge in [-0.3, -0.25) is 4.99 Å². The zero-order valence-electron chi connectivity index (χ0n) is 12.5. The summed E-state index contributed by atoms with van der Waals surface area (Å²) in [5, 5.41) is 6.87. The number of likely N-dealkylation sites (tertiary alicyclic amines) is 1. The predicted octanol–water partition coefficient (Wildman–Crippen LogP) is 1.91. The highest BCUT2D eigenvalue weighted by molar-refractivity contribution is 14.0. The summed E-state index contributed by atoms with van der Waals surface area (Å²) in [5.74, 6) is 2.70. The molecule has 2 atom stereocenters. The first-order valence-corrected chi connectivity index (χ1v) is 7.38. The molecule has 5 heteroatoms. The molecular formula is C14H29IN4. The molecule has 1 aliphatic heterocycles. The first-order valence-electron chi connectivity index (χ1n) is 7.38. The van der Waals surface area contributed by atoms with Crippen LogP contribution in [0.1, 0.15) is 33.1 Å². The third kappa shape index (κ3) is 5.85. The second-order valence-electron chi connectivity index (χ2n) is 5.99. The molecule has 4 nitrogen and oxygen atoms in total. The number of guanidine groups is 1. The summed E-state index contributed by atoms with van der Waals surface area (Å²) in [5.41, 5.74) is 0. The third-order valence-electron chi connectivity index (χ3n) is 4.25. The van der Waals surface area contributed by atoms with Crippen molar-refractivity contribution >= 4 is 29.9 Å². The van der Waals surface area contributed by atoms with E-state index in [9.17, 15) is 0 Å². The van der Waals surface area contributed by atoms with Crippen LogP contribution in [-0.4, -0.2) is 50.1 Å². The van der Waals surface area contributed by atoms with Crippen LogP contribution in [0.3, 0.4) is 0 Å². The lowest BCUT2D eigenvalue weighted by Crippen LogP contribution is -2.44. The lowest BCUT2D eigenvalue weighted by atomic mass is 9.99. The highest BCUT2D eigenvalue weighted by Crippen LogP contribution is 2.28. The fraction of sp³-hybridized carbons (Fsp3) is 0.929. The average Bonchev–Trinajstić information content (AvgIpc) is 3.06. The Morgan fingerprint density at radius 2 is 1.89 bits per heavy atom. The minimum Gasteiger partial charge on any atom is -0.355 e. The Balaban J connectivity index is 0.00000180. The van der Waals surface area contributed by atoms with Crippen molar-refractivity contribution in [1.82, 2.24) is 15.5 Å². The van der Waals surface area contributed by atoms with Gasteiger partial charge in [0.1, 0.15) is 0 Å². The fourth-order valence-electron chi connectivity index (χ4n) is 2.51. The number of halogens is 1. The Bertz CT molecular complexity index is 287. The van der Waals surface area contributed by atoms with E-state index in [-0.39, 0.29) is 24.0 Å². The molecular weight excluding hydrogens is 351 g/mol. The van der Waals surface area contributed by atoms with Gasteiger partial charge in [0.2, 0.25) is 0 Å². The molecule has 0 aromatic heterocycles. The number of nitrogens with one attached hydrogen (secondary N) is 2. The number of rotatable bonds is 4. The number of nitrogens with zero attached hydrogens (tertiary/aromatic N) is 2. The van der Waals surface area contributed by atoms with Crippen molar-refractivity contribution in [1.29, 1.82) is 0 Å². The predicted molar refractivity (Wildman–Crippen MR) is 92.3 cm³/mol. The van der Waals surface area contributed by atoms with E-state index in [1.807, 2.05) is 7.05 Å². The lowest BCUT2D eigenvalue weighted by molar-refractivity contribution is 0.195. The molecule has 0 radical (unpaired) electrons. The Kier molecular flexibility index (Phi) is 7.42. The molecule has 19 heavy (non-hydrogen) atoms. The zero-order chi connectivity index (χ0) is 13.0. The van der Waals surface area contributed by atoms with Crippen molar-refractivity contribution < 1.29 is 0 Å². The molecule has 1 saturated heterocycles. The quantitative estimate of drug-likeness (QED) is 0.445. The van der Waals surface area contributed by atoms with Crippen LogP contribution >= 0.6 is 24.0 Å². The van der Waals surface area contributed by atoms with Crippen LogP contribution in [0.2, 0.25) is 0 Å². The van der Waals surface area contributed by atoms with Crippen LogP contribution in [0.5, 0.6) is 0 Å². The second-order valence-corrected chi connectivity index (χ2v) is 5.99. The number of aliphatic imine (C=N–C) groups is 1. The largest absolute Gasteiger partial charge is 0.355 e. The molecule has 0 bridgehead atoms. The average molecular weight is 380 g/mol. The summed E-state index contributed by atoms with van der Waals surface area (Å²) in [6, 6.07) is 0.645. The van der Waals surface area contributed by atoms with Gasteiger partial charge in [-0.15, -0.1) is 24.0 Å². The van der Waals surface area contributed by atoms with E-state index in [4.69, 9.17) is 0 Å². The Morgan fingerprint density at radius 1 is 1.26 bits per heavy atom. The van der Waals surface area contributed by atoms with E-state index in [1.54, 1.807) is 0 Å². The van der Waals surface area contributed by atoms with Crippen molar-refractivity contribution in [3.63, 3.8) is 0 Å². The topological polar surface area (TPSA) is 39.7 Å². The van der Waals surface area contributed by atoms with E-state index < -0.39 is 0 Å². The molecule has 112 valence electrons. The minimum atomic E-state index is 0. The molecule has 2 fully saturated rings. The Labute approximate surface area is 134 Å². The lowest BCUT2D eigenvalue weighted by Gasteiger charge is -2.30. The summed E-state index contributed by atoms with van der Waals surface area (Å²) >= 11 is 0. The van der Waals surface area contributed by atoms with E-state index in [0.717, 1.165) is 30.9 Å². The van der Waals surface area contributed by atoms with E-state index in [1.165, 1.54) is 32.4 Å². The van der Waals surface area contributed by atoms with Crippen LogP contribution < -0.4 is 10.6 Å². The molecule has 0 spiro atoms. The maximum atomic E-state index is 4.27. The van der Waals surface area contributed by atoms with Gasteiger partial charge in [0.25, 0.3) is 0 Å². The summed E-state index contributed by atoms with van der Waals surface area (Å²) in [7, 11) is 1.85. The van der Waals surface area contributed by atoms with Crippen LogP contribution in [0.15, 0.2) is 4.99 Å². The van der Waals surface area contributed by atoms with Gasteiger partial charge in [-0.1, -0.05) is 13.8 Å². The normalized spacial score (nSPS) is 28.7. The number of piperidine rings is 1. The summed E-state index contributed by atoms with van der Waals surface area (Å²) in [6.45, 7) is 9.28. The summed E-state index contributed by atoms with van der Waals surface area (Å²) in [6.07, 6.45) is 3.99. The highest BCUT2D eigenvalue weighted by atomic mass is 127. The third-order valence-corrected chi connectivity index (χ3v) is 4.25. The first kappa shape index (κ1) is 17.0. The van der Waals surface area contributed by atoms with Crippen molar-refractivity contribution in [2.45, 2.75) is 39.2 Å². The molecule has 2 unspecified atom stereocenters. The van der Waals surface area contributed by atoms with Crippen molar-refractivity contribution in [2.24, 2.45) is 16.8 Å². The van der Waals surface area contributed by atoms with Crippen LogP contribution in [-0.2, 0) is 0 Å². The molecule has 1 heterocycles. The molecule has 0 aromatic rings. The minimum absolute atomic E-state index is 0. The van der Waals surface area contributed by atoms with Crippen molar-refractivity contribution in [3.8, 4) is 0 Å².